The second-order valence-corrected chi connectivity index (χ2v) is 9.12. The van der Waals surface area contributed by atoms with Gasteiger partial charge in [0.1, 0.15) is 16.9 Å². The van der Waals surface area contributed by atoms with E-state index in [2.05, 4.69) is 49.5 Å². The first-order chi connectivity index (χ1) is 15.3. The number of hydrogen-bond acceptors (Lipinski definition) is 7. The molecule has 5 rings (SSSR count). The number of allylic oxidation sites excluding steroid dienone is 3. The fourth-order valence-corrected chi connectivity index (χ4v) is 5.06. The first-order valence-electron chi connectivity index (χ1n) is 10.8. The number of rotatable bonds is 6. The molecule has 0 saturated carbocycles. The molecule has 1 atom stereocenters. The highest BCUT2D eigenvalue weighted by Crippen LogP contribution is 2.28. The van der Waals surface area contributed by atoms with Crippen LogP contribution in [0.5, 0.6) is 0 Å². The Morgan fingerprint density at radius 3 is 2.97 bits per heavy atom. The predicted octanol–water partition coefficient (Wildman–Crippen LogP) is 3.70. The molecule has 2 aliphatic rings. The second kappa shape index (κ2) is 9.11. The minimum absolute atomic E-state index is 0.162. The van der Waals surface area contributed by atoms with E-state index >= 15 is 0 Å². The van der Waals surface area contributed by atoms with Gasteiger partial charge in [-0.1, -0.05) is 24.3 Å². The number of fused-ring (bicyclic) bond motifs is 1. The van der Waals surface area contributed by atoms with Crippen molar-refractivity contribution in [2.75, 3.05) is 31.5 Å². The summed E-state index contributed by atoms with van der Waals surface area (Å²) in [7, 11) is 0. The number of likely N-dealkylation sites (tertiary alicyclic amines) is 1. The molecule has 2 N–H and O–H groups in total. The average Bonchev–Trinajstić information content (AvgIpc) is 3.28. The average molecular weight is 435 g/mol. The maximum atomic E-state index is 12.0. The molecular formula is C23H26N6OS. The van der Waals surface area contributed by atoms with Gasteiger partial charge in [0.05, 0.1) is 11.7 Å². The molecule has 8 heteroatoms. The fraction of sp³-hybridized carbons (Fsp3) is 0.391. The van der Waals surface area contributed by atoms with Crippen molar-refractivity contribution in [3.63, 3.8) is 0 Å². The standard InChI is InChI=1S/C23H26N6OS/c30-22-18-6-9-24-21(20(18)26-15-27-22)19-14-31-23(28-19)25-12-16-7-10-29(11-8-16)13-17-4-2-1-3-5-17/h1-4,6,9,14-17H,5,7-8,10-13H2,(H,25,28)(H,26,27,30). The van der Waals surface area contributed by atoms with Crippen LogP contribution < -0.4 is 10.9 Å². The zero-order chi connectivity index (χ0) is 21.0. The maximum Gasteiger partial charge on any atom is 0.258 e. The second-order valence-electron chi connectivity index (χ2n) is 8.26. The zero-order valence-electron chi connectivity index (χ0n) is 17.3. The number of aromatic amines is 1. The van der Waals surface area contributed by atoms with Gasteiger partial charge in [-0.3, -0.25) is 9.78 Å². The largest absolute Gasteiger partial charge is 0.361 e. The Morgan fingerprint density at radius 2 is 2.13 bits per heavy atom. The van der Waals surface area contributed by atoms with E-state index in [4.69, 9.17) is 4.98 Å². The summed E-state index contributed by atoms with van der Waals surface area (Å²) < 4.78 is 0. The van der Waals surface area contributed by atoms with E-state index in [0.29, 0.717) is 28.4 Å². The van der Waals surface area contributed by atoms with Crippen LogP contribution in [0.3, 0.4) is 0 Å². The van der Waals surface area contributed by atoms with Crippen molar-refractivity contribution >= 4 is 27.4 Å². The summed E-state index contributed by atoms with van der Waals surface area (Å²) in [5.41, 5.74) is 1.82. The van der Waals surface area contributed by atoms with Crippen molar-refractivity contribution in [2.45, 2.75) is 19.3 Å². The number of thiazole rings is 1. The summed E-state index contributed by atoms with van der Waals surface area (Å²) in [6.45, 7) is 4.45. The van der Waals surface area contributed by atoms with Crippen molar-refractivity contribution in [3.8, 4) is 11.4 Å². The van der Waals surface area contributed by atoms with Gasteiger partial charge in [-0.15, -0.1) is 11.3 Å². The topological polar surface area (TPSA) is 86.8 Å². The highest BCUT2D eigenvalue weighted by atomic mass is 32.1. The third kappa shape index (κ3) is 4.60. The quantitative estimate of drug-likeness (QED) is 0.615. The van der Waals surface area contributed by atoms with Crippen LogP contribution in [0.4, 0.5) is 5.13 Å². The summed E-state index contributed by atoms with van der Waals surface area (Å²) in [5.74, 6) is 1.34. The van der Waals surface area contributed by atoms with Gasteiger partial charge in [-0.25, -0.2) is 9.97 Å². The van der Waals surface area contributed by atoms with Crippen molar-refractivity contribution in [3.05, 3.63) is 58.6 Å². The Labute approximate surface area is 185 Å². The maximum absolute atomic E-state index is 12.0. The summed E-state index contributed by atoms with van der Waals surface area (Å²) in [6.07, 6.45) is 15.6. The number of aromatic nitrogens is 4. The molecule has 160 valence electrons. The van der Waals surface area contributed by atoms with Crippen molar-refractivity contribution in [2.24, 2.45) is 11.8 Å². The minimum atomic E-state index is -0.162. The summed E-state index contributed by atoms with van der Waals surface area (Å²) >= 11 is 1.57. The van der Waals surface area contributed by atoms with E-state index in [1.165, 1.54) is 45.2 Å². The third-order valence-corrected chi connectivity index (χ3v) is 6.92. The molecule has 1 aliphatic heterocycles. The Bertz CT molecular complexity index is 1160. The van der Waals surface area contributed by atoms with E-state index in [1.54, 1.807) is 23.6 Å². The number of anilines is 1. The Balaban J connectivity index is 1.16. The molecule has 1 unspecified atom stereocenters. The molecule has 1 fully saturated rings. The number of pyridine rings is 1. The van der Waals surface area contributed by atoms with E-state index in [0.717, 1.165) is 17.4 Å². The van der Waals surface area contributed by atoms with E-state index < -0.39 is 0 Å². The van der Waals surface area contributed by atoms with Crippen molar-refractivity contribution < 1.29 is 0 Å². The van der Waals surface area contributed by atoms with Gasteiger partial charge in [-0.05, 0) is 50.3 Å². The molecule has 3 aromatic heterocycles. The first kappa shape index (κ1) is 20.1. The molecule has 1 aliphatic carbocycles. The number of H-pyrrole nitrogens is 1. The predicted molar refractivity (Wildman–Crippen MR) is 125 cm³/mol. The Hall–Kier alpha value is -2.84. The highest BCUT2D eigenvalue weighted by molar-refractivity contribution is 7.14. The number of piperidine rings is 1. The van der Waals surface area contributed by atoms with Gasteiger partial charge in [0, 0.05) is 24.7 Å². The monoisotopic (exact) mass is 434 g/mol. The lowest BCUT2D eigenvalue weighted by Gasteiger charge is -2.33. The van der Waals surface area contributed by atoms with Crippen LogP contribution in [0, 0.1) is 11.8 Å². The summed E-state index contributed by atoms with van der Waals surface area (Å²) in [4.78, 5) is 30.7. The van der Waals surface area contributed by atoms with E-state index in [1.807, 2.05) is 5.38 Å². The minimum Gasteiger partial charge on any atom is -0.361 e. The molecular weight excluding hydrogens is 408 g/mol. The van der Waals surface area contributed by atoms with Gasteiger partial charge in [0.2, 0.25) is 0 Å². The lowest BCUT2D eigenvalue weighted by atomic mass is 9.94. The number of nitrogens with zero attached hydrogens (tertiary/aromatic N) is 4. The molecule has 0 bridgehead atoms. The molecule has 0 spiro atoms. The SMILES string of the molecule is O=c1[nH]cnc2c(-c3csc(NCC4CCN(CC5C=CC=CC5)CC4)n3)nccc12. The Kier molecular flexibility index (Phi) is 5.90. The van der Waals surface area contributed by atoms with Crippen LogP contribution in [0.25, 0.3) is 22.3 Å². The molecule has 1 saturated heterocycles. The lowest BCUT2D eigenvalue weighted by Crippen LogP contribution is -2.38. The van der Waals surface area contributed by atoms with Crippen LogP contribution >= 0.6 is 11.3 Å². The van der Waals surface area contributed by atoms with Crippen LogP contribution in [-0.4, -0.2) is 51.0 Å². The molecule has 0 radical (unpaired) electrons. The van der Waals surface area contributed by atoms with Gasteiger partial charge in [0.15, 0.2) is 5.13 Å². The van der Waals surface area contributed by atoms with Gasteiger partial charge < -0.3 is 15.2 Å². The van der Waals surface area contributed by atoms with E-state index in [9.17, 15) is 4.79 Å². The fourth-order valence-electron chi connectivity index (χ4n) is 4.36. The van der Waals surface area contributed by atoms with Crippen LogP contribution in [0.15, 0.2) is 53.1 Å². The van der Waals surface area contributed by atoms with E-state index in [-0.39, 0.29) is 5.56 Å². The molecule has 4 heterocycles. The van der Waals surface area contributed by atoms with Gasteiger partial charge >= 0.3 is 0 Å². The molecule has 7 nitrogen and oxygen atoms in total. The van der Waals surface area contributed by atoms with Crippen LogP contribution in [0.2, 0.25) is 0 Å². The smallest absolute Gasteiger partial charge is 0.258 e. The van der Waals surface area contributed by atoms with Gasteiger partial charge in [-0.2, -0.15) is 0 Å². The summed E-state index contributed by atoms with van der Waals surface area (Å²) in [5, 5.41) is 6.90. The number of hydrogen-bond donors (Lipinski definition) is 2. The number of nitrogens with one attached hydrogen (secondary N) is 2. The molecule has 31 heavy (non-hydrogen) atoms. The zero-order valence-corrected chi connectivity index (χ0v) is 18.1. The Morgan fingerprint density at radius 1 is 1.23 bits per heavy atom. The molecule has 0 aromatic carbocycles. The van der Waals surface area contributed by atoms with Crippen LogP contribution in [0.1, 0.15) is 19.3 Å². The molecule has 3 aromatic rings. The normalized spacial score (nSPS) is 19.8. The lowest BCUT2D eigenvalue weighted by molar-refractivity contribution is 0.174. The summed E-state index contributed by atoms with van der Waals surface area (Å²) in [6, 6.07) is 1.68. The third-order valence-electron chi connectivity index (χ3n) is 6.12. The van der Waals surface area contributed by atoms with Crippen LogP contribution in [-0.2, 0) is 0 Å². The highest BCUT2D eigenvalue weighted by Gasteiger charge is 2.21. The molecule has 0 amide bonds. The van der Waals surface area contributed by atoms with Crippen molar-refractivity contribution in [1.82, 2.24) is 24.8 Å². The first-order valence-corrected chi connectivity index (χ1v) is 11.7. The van der Waals surface area contributed by atoms with Gasteiger partial charge in [0.25, 0.3) is 5.56 Å². The van der Waals surface area contributed by atoms with Crippen molar-refractivity contribution in [1.29, 1.82) is 0 Å².